The van der Waals surface area contributed by atoms with Gasteiger partial charge in [0.05, 0.1) is 12.2 Å². The Bertz CT molecular complexity index is 372. The molecule has 0 N–H and O–H groups in total. The molecule has 0 amide bonds. The average Bonchev–Trinajstić information content (AvgIpc) is 2.21. The second kappa shape index (κ2) is 5.31. The van der Waals surface area contributed by atoms with Crippen molar-refractivity contribution in [1.82, 2.24) is 0 Å². The molecular formula is C12H15BrO2. The Kier molecular flexibility index (Phi) is 4.33. The van der Waals surface area contributed by atoms with E-state index in [9.17, 15) is 4.79 Å². The summed E-state index contributed by atoms with van der Waals surface area (Å²) >= 11 is 3.42. The van der Waals surface area contributed by atoms with E-state index in [1.54, 1.807) is 0 Å². The predicted octanol–water partition coefficient (Wildman–Crippen LogP) is 3.38. The molecule has 0 heterocycles. The molecule has 0 bridgehead atoms. The monoisotopic (exact) mass is 270 g/mol. The second-order valence-electron chi connectivity index (χ2n) is 3.45. The first-order valence-electron chi connectivity index (χ1n) is 4.93. The zero-order valence-electron chi connectivity index (χ0n) is 9.26. The lowest BCUT2D eigenvalue weighted by atomic mass is 10.0. The fourth-order valence-corrected chi connectivity index (χ4v) is 2.05. The highest BCUT2D eigenvalue weighted by Gasteiger charge is 2.11. The Morgan fingerprint density at radius 1 is 1.33 bits per heavy atom. The van der Waals surface area contributed by atoms with Crippen LogP contribution in [0.5, 0.6) is 0 Å². The third-order valence-corrected chi connectivity index (χ3v) is 2.93. The van der Waals surface area contributed by atoms with Crippen LogP contribution in [-0.4, -0.2) is 12.6 Å². The van der Waals surface area contributed by atoms with Crippen LogP contribution in [0.1, 0.15) is 34.0 Å². The van der Waals surface area contributed by atoms with Crippen LogP contribution >= 0.6 is 15.9 Å². The smallest absolute Gasteiger partial charge is 0.338 e. The fourth-order valence-electron chi connectivity index (χ4n) is 1.45. The highest BCUT2D eigenvalue weighted by molar-refractivity contribution is 9.08. The van der Waals surface area contributed by atoms with Gasteiger partial charge in [0.25, 0.3) is 0 Å². The number of rotatable bonds is 3. The second-order valence-corrected chi connectivity index (χ2v) is 4.01. The van der Waals surface area contributed by atoms with Crippen LogP contribution in [0.25, 0.3) is 0 Å². The quantitative estimate of drug-likeness (QED) is 0.622. The van der Waals surface area contributed by atoms with Crippen molar-refractivity contribution in [1.29, 1.82) is 0 Å². The highest BCUT2D eigenvalue weighted by atomic mass is 79.9. The van der Waals surface area contributed by atoms with Crippen molar-refractivity contribution >= 4 is 21.9 Å². The fraction of sp³-hybridized carbons (Fsp3) is 0.417. The third kappa shape index (κ3) is 2.81. The molecule has 0 aromatic heterocycles. The van der Waals surface area contributed by atoms with Crippen molar-refractivity contribution in [3.8, 4) is 0 Å². The zero-order valence-corrected chi connectivity index (χ0v) is 10.8. The first-order valence-corrected chi connectivity index (χ1v) is 6.05. The maximum absolute atomic E-state index is 11.6. The van der Waals surface area contributed by atoms with Crippen molar-refractivity contribution in [2.75, 3.05) is 6.61 Å². The van der Waals surface area contributed by atoms with E-state index in [1.165, 1.54) is 5.56 Å². The molecule has 0 radical (unpaired) electrons. The number of hydrogen-bond donors (Lipinski definition) is 0. The summed E-state index contributed by atoms with van der Waals surface area (Å²) in [5.74, 6) is -0.237. The van der Waals surface area contributed by atoms with E-state index in [0.717, 1.165) is 16.5 Å². The van der Waals surface area contributed by atoms with Gasteiger partial charge in [0.15, 0.2) is 0 Å². The number of carbonyl (C=O) groups excluding carboxylic acids is 1. The maximum atomic E-state index is 11.6. The van der Waals surface area contributed by atoms with E-state index < -0.39 is 0 Å². The predicted molar refractivity (Wildman–Crippen MR) is 64.5 cm³/mol. The number of benzene rings is 1. The molecular weight excluding hydrogens is 256 g/mol. The number of aryl methyl sites for hydroxylation is 2. The molecule has 2 nitrogen and oxygen atoms in total. The van der Waals surface area contributed by atoms with E-state index in [-0.39, 0.29) is 5.97 Å². The maximum Gasteiger partial charge on any atom is 0.338 e. The van der Waals surface area contributed by atoms with E-state index in [0.29, 0.717) is 12.2 Å². The van der Waals surface area contributed by atoms with Crippen molar-refractivity contribution in [2.45, 2.75) is 26.1 Å². The summed E-state index contributed by atoms with van der Waals surface area (Å²) < 4.78 is 4.99. The lowest BCUT2D eigenvalue weighted by Gasteiger charge is -2.09. The molecule has 0 aliphatic carbocycles. The number of alkyl halides is 1. The van der Waals surface area contributed by atoms with Crippen LogP contribution in [0.15, 0.2) is 12.1 Å². The molecule has 1 aromatic carbocycles. The summed E-state index contributed by atoms with van der Waals surface area (Å²) in [6.45, 7) is 6.15. The summed E-state index contributed by atoms with van der Waals surface area (Å²) in [7, 11) is 0. The number of esters is 1. The van der Waals surface area contributed by atoms with Gasteiger partial charge < -0.3 is 4.74 Å². The summed E-state index contributed by atoms with van der Waals surface area (Å²) in [6, 6.07) is 3.92. The van der Waals surface area contributed by atoms with E-state index >= 15 is 0 Å². The van der Waals surface area contributed by atoms with E-state index in [1.807, 2.05) is 32.9 Å². The first kappa shape index (κ1) is 12.2. The van der Waals surface area contributed by atoms with Crippen molar-refractivity contribution < 1.29 is 9.53 Å². The van der Waals surface area contributed by atoms with Gasteiger partial charge in [-0.05, 0) is 43.5 Å². The minimum Gasteiger partial charge on any atom is -0.462 e. The van der Waals surface area contributed by atoms with Crippen LogP contribution < -0.4 is 0 Å². The Hall–Kier alpha value is -0.830. The summed E-state index contributed by atoms with van der Waals surface area (Å²) in [5.41, 5.74) is 3.95. The molecule has 0 saturated carbocycles. The molecule has 0 fully saturated rings. The minimum atomic E-state index is -0.237. The molecule has 0 aliphatic heterocycles. The molecule has 0 spiro atoms. The number of ether oxygens (including phenoxy) is 1. The lowest BCUT2D eigenvalue weighted by molar-refractivity contribution is 0.0525. The minimum absolute atomic E-state index is 0.237. The molecule has 0 aliphatic rings. The number of halogens is 1. The lowest BCUT2D eigenvalue weighted by Crippen LogP contribution is -2.07. The average molecular weight is 271 g/mol. The van der Waals surface area contributed by atoms with Gasteiger partial charge in [-0.25, -0.2) is 4.79 Å². The van der Waals surface area contributed by atoms with Crippen LogP contribution in [0, 0.1) is 13.8 Å². The van der Waals surface area contributed by atoms with Gasteiger partial charge in [-0.3, -0.25) is 0 Å². The molecule has 15 heavy (non-hydrogen) atoms. The first-order chi connectivity index (χ1) is 7.10. The Balaban J connectivity index is 3.10. The summed E-state index contributed by atoms with van der Waals surface area (Å²) in [6.07, 6.45) is 0. The Labute approximate surface area is 98.8 Å². The number of hydrogen-bond acceptors (Lipinski definition) is 2. The van der Waals surface area contributed by atoms with Crippen LogP contribution in [0.3, 0.4) is 0 Å². The number of carbonyl (C=O) groups is 1. The van der Waals surface area contributed by atoms with Crippen LogP contribution in [-0.2, 0) is 10.1 Å². The summed E-state index contributed by atoms with van der Waals surface area (Å²) in [5, 5.41) is 0.808. The van der Waals surface area contributed by atoms with Gasteiger partial charge in [0.2, 0.25) is 0 Å². The standard InChI is InChI=1S/C12H15BrO2/c1-4-15-12(14)11-6-8(2)10(7-13)5-9(11)3/h5-6H,4,7H2,1-3H3. The van der Waals surface area contributed by atoms with Gasteiger partial charge >= 0.3 is 5.97 Å². The van der Waals surface area contributed by atoms with Gasteiger partial charge in [0.1, 0.15) is 0 Å². The normalized spacial score (nSPS) is 10.1. The van der Waals surface area contributed by atoms with Gasteiger partial charge in [-0.2, -0.15) is 0 Å². The molecule has 3 heteroatoms. The molecule has 1 aromatic rings. The van der Waals surface area contributed by atoms with Crippen LogP contribution in [0.4, 0.5) is 0 Å². The third-order valence-electron chi connectivity index (χ3n) is 2.32. The van der Waals surface area contributed by atoms with Crippen LogP contribution in [0.2, 0.25) is 0 Å². The largest absolute Gasteiger partial charge is 0.462 e. The Morgan fingerprint density at radius 2 is 2.00 bits per heavy atom. The van der Waals surface area contributed by atoms with Gasteiger partial charge in [0, 0.05) is 5.33 Å². The van der Waals surface area contributed by atoms with Gasteiger partial charge in [-0.1, -0.05) is 22.0 Å². The summed E-state index contributed by atoms with van der Waals surface area (Å²) in [4.78, 5) is 11.6. The highest BCUT2D eigenvalue weighted by Crippen LogP contribution is 2.19. The van der Waals surface area contributed by atoms with E-state index in [2.05, 4.69) is 15.9 Å². The molecule has 0 unspecified atom stereocenters. The SMILES string of the molecule is CCOC(=O)c1cc(C)c(CBr)cc1C. The Morgan fingerprint density at radius 3 is 2.53 bits per heavy atom. The van der Waals surface area contributed by atoms with E-state index in [4.69, 9.17) is 4.74 Å². The van der Waals surface area contributed by atoms with Gasteiger partial charge in [-0.15, -0.1) is 0 Å². The van der Waals surface area contributed by atoms with Crippen molar-refractivity contribution in [3.05, 3.63) is 34.4 Å². The zero-order chi connectivity index (χ0) is 11.4. The molecule has 0 saturated heterocycles. The molecule has 1 rings (SSSR count). The van der Waals surface area contributed by atoms with Crippen molar-refractivity contribution in [3.63, 3.8) is 0 Å². The molecule has 0 atom stereocenters. The topological polar surface area (TPSA) is 26.3 Å². The van der Waals surface area contributed by atoms with Crippen molar-refractivity contribution in [2.24, 2.45) is 0 Å². The molecule has 82 valence electrons.